The number of carbonyl (C=O) groups excluding carboxylic acids is 1. The van der Waals surface area contributed by atoms with E-state index in [9.17, 15) is 4.79 Å². The number of nitrogens with two attached hydrogens (primary N) is 1. The fourth-order valence-corrected chi connectivity index (χ4v) is 2.05. The van der Waals surface area contributed by atoms with Gasteiger partial charge in [0.15, 0.2) is 0 Å². The quantitative estimate of drug-likeness (QED) is 0.783. The van der Waals surface area contributed by atoms with E-state index in [-0.39, 0.29) is 5.91 Å². The number of nitrogens with zero attached hydrogens (tertiary/aromatic N) is 1. The van der Waals surface area contributed by atoms with Gasteiger partial charge in [0.05, 0.1) is 22.6 Å². The molecule has 90 valence electrons. The molecule has 0 aliphatic heterocycles. The van der Waals surface area contributed by atoms with Crippen LogP contribution in [0.5, 0.6) is 0 Å². The van der Waals surface area contributed by atoms with Crippen molar-refractivity contribution in [2.45, 2.75) is 26.3 Å². The summed E-state index contributed by atoms with van der Waals surface area (Å²) in [6.07, 6.45) is 1.52. The van der Waals surface area contributed by atoms with Crippen LogP contribution in [0.15, 0.2) is 18.2 Å². The molecule has 4 nitrogen and oxygen atoms in total. The highest BCUT2D eigenvalue weighted by Gasteiger charge is 2.52. The van der Waals surface area contributed by atoms with Crippen LogP contribution in [-0.4, -0.2) is 15.9 Å². The maximum absolute atomic E-state index is 11.9. The molecule has 0 atom stereocenters. The second-order valence-electron chi connectivity index (χ2n) is 4.40. The molecule has 1 amide bonds. The van der Waals surface area contributed by atoms with Gasteiger partial charge < -0.3 is 11.1 Å². The first-order chi connectivity index (χ1) is 8.04. The molecule has 17 heavy (non-hydrogen) atoms. The van der Waals surface area contributed by atoms with Crippen molar-refractivity contribution in [3.05, 3.63) is 29.6 Å². The van der Waals surface area contributed by atoms with Crippen LogP contribution in [-0.2, 0) is 11.3 Å². The number of nitrogens with one attached hydrogen (secondary N) is 1. The Hall–Kier alpha value is -1.49. The van der Waals surface area contributed by atoms with Gasteiger partial charge in [0.2, 0.25) is 5.91 Å². The molecule has 0 spiro atoms. The zero-order valence-electron chi connectivity index (χ0n) is 9.69. The van der Waals surface area contributed by atoms with Gasteiger partial charge in [-0.3, -0.25) is 9.78 Å². The van der Waals surface area contributed by atoms with E-state index in [1.165, 1.54) is 0 Å². The number of rotatable bonds is 4. The second-order valence-corrected chi connectivity index (χ2v) is 4.84. The molecule has 1 aromatic heterocycles. The summed E-state index contributed by atoms with van der Waals surface area (Å²) in [6, 6.07) is 5.72. The minimum Gasteiger partial charge on any atom is -0.392 e. The summed E-state index contributed by atoms with van der Waals surface area (Å²) in [4.78, 5) is 16.5. The summed E-state index contributed by atoms with van der Waals surface area (Å²) in [5.74, 6) is -0.0756. The van der Waals surface area contributed by atoms with Crippen molar-refractivity contribution < 1.29 is 4.79 Å². The SMILES string of the molecule is Cc1cccc(CNC(=O)C2(C(N)=S)CC2)n1. The highest BCUT2D eigenvalue weighted by Crippen LogP contribution is 2.46. The van der Waals surface area contributed by atoms with E-state index in [2.05, 4.69) is 10.3 Å². The highest BCUT2D eigenvalue weighted by atomic mass is 32.1. The Morgan fingerprint density at radius 3 is 2.82 bits per heavy atom. The molecule has 0 aromatic carbocycles. The third-order valence-corrected chi connectivity index (χ3v) is 3.42. The van der Waals surface area contributed by atoms with Gasteiger partial charge in [0.1, 0.15) is 0 Å². The molecule has 1 aliphatic carbocycles. The van der Waals surface area contributed by atoms with E-state index < -0.39 is 5.41 Å². The second kappa shape index (κ2) is 4.41. The van der Waals surface area contributed by atoms with Crippen molar-refractivity contribution in [1.82, 2.24) is 10.3 Å². The van der Waals surface area contributed by atoms with Gasteiger partial charge in [-0.1, -0.05) is 18.3 Å². The van der Waals surface area contributed by atoms with Gasteiger partial charge in [-0.15, -0.1) is 0 Å². The molecule has 0 radical (unpaired) electrons. The molecule has 0 saturated heterocycles. The minimum absolute atomic E-state index is 0.0756. The van der Waals surface area contributed by atoms with Crippen LogP contribution < -0.4 is 11.1 Å². The summed E-state index contributed by atoms with van der Waals surface area (Å²) in [5, 5.41) is 2.84. The van der Waals surface area contributed by atoms with Gasteiger partial charge in [-0.25, -0.2) is 0 Å². The number of thiocarbonyl (C=S) groups is 1. The molecule has 1 saturated carbocycles. The average molecular weight is 249 g/mol. The molecule has 0 bridgehead atoms. The lowest BCUT2D eigenvalue weighted by molar-refractivity contribution is -0.124. The fourth-order valence-electron chi connectivity index (χ4n) is 1.75. The smallest absolute Gasteiger partial charge is 0.233 e. The highest BCUT2D eigenvalue weighted by molar-refractivity contribution is 7.80. The van der Waals surface area contributed by atoms with E-state index in [0.29, 0.717) is 11.5 Å². The van der Waals surface area contributed by atoms with Crippen molar-refractivity contribution in [1.29, 1.82) is 0 Å². The predicted octanol–water partition coefficient (Wildman–Crippen LogP) is 1.07. The summed E-state index contributed by atoms with van der Waals surface area (Å²) < 4.78 is 0. The van der Waals surface area contributed by atoms with Crippen molar-refractivity contribution in [3.63, 3.8) is 0 Å². The number of aryl methyl sites for hydroxylation is 1. The predicted molar refractivity (Wildman–Crippen MR) is 69.3 cm³/mol. The van der Waals surface area contributed by atoms with Crippen molar-refractivity contribution in [2.24, 2.45) is 11.1 Å². The van der Waals surface area contributed by atoms with Gasteiger partial charge in [-0.05, 0) is 31.9 Å². The maximum atomic E-state index is 11.9. The summed E-state index contributed by atoms with van der Waals surface area (Å²) >= 11 is 4.92. The average Bonchev–Trinajstić information content (AvgIpc) is 3.07. The molecular formula is C12H15N3OS. The van der Waals surface area contributed by atoms with Crippen LogP contribution in [0.1, 0.15) is 24.2 Å². The molecule has 1 heterocycles. The van der Waals surface area contributed by atoms with Crippen molar-refractivity contribution >= 4 is 23.1 Å². The molecule has 1 fully saturated rings. The van der Waals surface area contributed by atoms with Crippen LogP contribution >= 0.6 is 12.2 Å². The molecule has 2 rings (SSSR count). The number of carbonyl (C=O) groups is 1. The molecule has 1 aliphatic rings. The van der Waals surface area contributed by atoms with E-state index in [4.69, 9.17) is 18.0 Å². The van der Waals surface area contributed by atoms with Gasteiger partial charge >= 0.3 is 0 Å². The number of aromatic nitrogens is 1. The first kappa shape index (κ1) is 12.0. The van der Waals surface area contributed by atoms with Crippen LogP contribution in [0.4, 0.5) is 0 Å². The van der Waals surface area contributed by atoms with Crippen molar-refractivity contribution in [2.75, 3.05) is 0 Å². The van der Waals surface area contributed by atoms with Crippen LogP contribution in [0.3, 0.4) is 0 Å². The number of pyridine rings is 1. The first-order valence-corrected chi connectivity index (χ1v) is 5.96. The molecular weight excluding hydrogens is 234 g/mol. The third-order valence-electron chi connectivity index (χ3n) is 3.03. The summed E-state index contributed by atoms with van der Waals surface area (Å²) in [7, 11) is 0. The van der Waals surface area contributed by atoms with Crippen LogP contribution in [0.2, 0.25) is 0 Å². The van der Waals surface area contributed by atoms with E-state index in [0.717, 1.165) is 24.2 Å². The zero-order chi connectivity index (χ0) is 12.5. The molecule has 5 heteroatoms. The molecule has 0 unspecified atom stereocenters. The number of amides is 1. The van der Waals surface area contributed by atoms with Gasteiger partial charge in [-0.2, -0.15) is 0 Å². The Labute approximate surface area is 106 Å². The van der Waals surface area contributed by atoms with Gasteiger partial charge in [0.25, 0.3) is 0 Å². The van der Waals surface area contributed by atoms with Crippen LogP contribution in [0, 0.1) is 12.3 Å². The maximum Gasteiger partial charge on any atom is 0.233 e. The van der Waals surface area contributed by atoms with Gasteiger partial charge in [0, 0.05) is 5.69 Å². The lowest BCUT2D eigenvalue weighted by atomic mass is 10.1. The standard InChI is InChI=1S/C12H15N3OS/c1-8-3-2-4-9(15-8)7-14-11(16)12(5-6-12)10(13)17/h2-4H,5-7H2,1H3,(H2,13,17)(H,14,16). The summed E-state index contributed by atoms with van der Waals surface area (Å²) in [6.45, 7) is 2.34. The number of hydrogen-bond donors (Lipinski definition) is 2. The normalized spacial score (nSPS) is 16.3. The van der Waals surface area contributed by atoms with E-state index in [1.54, 1.807) is 0 Å². The van der Waals surface area contributed by atoms with E-state index in [1.807, 2.05) is 25.1 Å². The topological polar surface area (TPSA) is 68.0 Å². The Balaban J connectivity index is 1.95. The zero-order valence-corrected chi connectivity index (χ0v) is 10.5. The van der Waals surface area contributed by atoms with E-state index >= 15 is 0 Å². The molecule has 3 N–H and O–H groups in total. The monoisotopic (exact) mass is 249 g/mol. The molecule has 1 aromatic rings. The van der Waals surface area contributed by atoms with Crippen molar-refractivity contribution in [3.8, 4) is 0 Å². The summed E-state index contributed by atoms with van der Waals surface area (Å²) in [5.41, 5.74) is 6.78. The lowest BCUT2D eigenvalue weighted by Gasteiger charge is -2.13. The number of hydrogen-bond acceptors (Lipinski definition) is 3. The largest absolute Gasteiger partial charge is 0.392 e. The Kier molecular flexibility index (Phi) is 3.11. The Bertz CT molecular complexity index is 469. The van der Waals surface area contributed by atoms with Crippen LogP contribution in [0.25, 0.3) is 0 Å². The fraction of sp³-hybridized carbons (Fsp3) is 0.417. The minimum atomic E-state index is -0.584. The third kappa shape index (κ3) is 2.44. The Morgan fingerprint density at radius 2 is 2.29 bits per heavy atom. The first-order valence-electron chi connectivity index (χ1n) is 5.55. The lowest BCUT2D eigenvalue weighted by Crippen LogP contribution is -2.39. The Morgan fingerprint density at radius 1 is 1.59 bits per heavy atom.